The molecule has 6 rings (SSSR count). The maximum Gasteiger partial charge on any atom is 0.411 e. The number of amides is 1. The van der Waals surface area contributed by atoms with Crippen LogP contribution in [0.3, 0.4) is 0 Å². The van der Waals surface area contributed by atoms with E-state index in [-0.39, 0.29) is 12.9 Å². The predicted octanol–water partition coefficient (Wildman–Crippen LogP) is 2.93. The second-order valence-corrected chi connectivity index (χ2v) is 7.50. The molecule has 28 heavy (non-hydrogen) atoms. The van der Waals surface area contributed by atoms with Gasteiger partial charge in [0.25, 0.3) is 0 Å². The second kappa shape index (κ2) is 5.25. The lowest BCUT2D eigenvalue weighted by Gasteiger charge is -2.41. The summed E-state index contributed by atoms with van der Waals surface area (Å²) in [5.41, 5.74) is 3.63. The van der Waals surface area contributed by atoms with Gasteiger partial charge in [-0.2, -0.15) is 0 Å². The number of hydrogen-bond donors (Lipinski definition) is 0. The van der Waals surface area contributed by atoms with E-state index in [9.17, 15) is 4.79 Å². The summed E-state index contributed by atoms with van der Waals surface area (Å²) in [6.45, 7) is 0.828. The topological polar surface area (TPSA) is 66.5 Å². The maximum absolute atomic E-state index is 12.7. The van der Waals surface area contributed by atoms with Gasteiger partial charge in [-0.05, 0) is 35.7 Å². The Hall–Kier alpha value is -3.09. The van der Waals surface area contributed by atoms with Gasteiger partial charge in [0.15, 0.2) is 29.1 Å². The van der Waals surface area contributed by atoms with Crippen molar-refractivity contribution in [3.05, 3.63) is 46.5 Å². The van der Waals surface area contributed by atoms with Crippen LogP contribution in [0.15, 0.2) is 24.3 Å². The van der Waals surface area contributed by atoms with Crippen molar-refractivity contribution in [1.29, 1.82) is 0 Å². The maximum atomic E-state index is 12.7. The Morgan fingerprint density at radius 3 is 2.75 bits per heavy atom. The molecule has 1 fully saturated rings. The van der Waals surface area contributed by atoms with Crippen molar-refractivity contribution in [2.24, 2.45) is 0 Å². The summed E-state index contributed by atoms with van der Waals surface area (Å²) >= 11 is 0. The van der Waals surface area contributed by atoms with Gasteiger partial charge in [0.2, 0.25) is 6.79 Å². The van der Waals surface area contributed by atoms with Crippen LogP contribution in [0, 0.1) is 0 Å². The Kier molecular flexibility index (Phi) is 2.98. The van der Waals surface area contributed by atoms with Crippen LogP contribution in [0.4, 0.5) is 4.79 Å². The number of benzene rings is 2. The summed E-state index contributed by atoms with van der Waals surface area (Å²) in [7, 11) is 3.27. The van der Waals surface area contributed by atoms with Gasteiger partial charge in [0.05, 0.1) is 14.2 Å². The van der Waals surface area contributed by atoms with Crippen LogP contribution in [0.25, 0.3) is 0 Å². The van der Waals surface area contributed by atoms with Crippen molar-refractivity contribution in [3.63, 3.8) is 0 Å². The summed E-state index contributed by atoms with van der Waals surface area (Å²) in [4.78, 5) is 14.6. The van der Waals surface area contributed by atoms with E-state index in [0.29, 0.717) is 30.2 Å². The number of hydrogen-bond acceptors (Lipinski definition) is 6. The molecule has 4 aliphatic rings. The lowest BCUT2D eigenvalue weighted by atomic mass is 9.77. The molecule has 2 aromatic carbocycles. The smallest absolute Gasteiger partial charge is 0.411 e. The summed E-state index contributed by atoms with van der Waals surface area (Å²) in [5.74, 6) is 2.86. The van der Waals surface area contributed by atoms with Crippen LogP contribution in [0.1, 0.15) is 28.4 Å². The minimum absolute atomic E-state index is 0.221. The van der Waals surface area contributed by atoms with Gasteiger partial charge in [-0.15, -0.1) is 0 Å². The van der Waals surface area contributed by atoms with Gasteiger partial charge in [-0.1, -0.05) is 6.07 Å². The van der Waals surface area contributed by atoms with Crippen LogP contribution < -0.4 is 18.9 Å². The molecule has 1 saturated heterocycles. The zero-order valence-corrected chi connectivity index (χ0v) is 15.6. The monoisotopic (exact) mass is 381 g/mol. The Labute approximate surface area is 161 Å². The largest absolute Gasteiger partial charge is 0.493 e. The Morgan fingerprint density at radius 2 is 1.96 bits per heavy atom. The summed E-state index contributed by atoms with van der Waals surface area (Å²) < 4.78 is 28.3. The van der Waals surface area contributed by atoms with Crippen LogP contribution in [-0.2, 0) is 23.1 Å². The molecule has 0 unspecified atom stereocenters. The Bertz CT molecular complexity index is 1030. The van der Waals surface area contributed by atoms with Gasteiger partial charge < -0.3 is 23.7 Å². The standard InChI is InChI=1S/C21H19NO6/c1-24-15-4-3-12-13(18(15)25-2)9-21-14-8-17-16(26-10-27-17)7-11(14)5-6-22(21)20(23)28-19(12)21/h3-4,7-8,19H,5-6,9-10H2,1-2H3/t19-,21-/m0/s1. The Balaban J connectivity index is 1.60. The Morgan fingerprint density at radius 1 is 1.14 bits per heavy atom. The second-order valence-electron chi connectivity index (χ2n) is 7.50. The predicted molar refractivity (Wildman–Crippen MR) is 97.1 cm³/mol. The van der Waals surface area contributed by atoms with Crippen molar-refractivity contribution in [1.82, 2.24) is 4.90 Å². The molecule has 144 valence electrons. The summed E-state index contributed by atoms with van der Waals surface area (Å²) in [6, 6.07) is 7.92. The first-order valence-electron chi connectivity index (χ1n) is 9.32. The molecular weight excluding hydrogens is 362 g/mol. The average molecular weight is 381 g/mol. The molecule has 0 aromatic heterocycles. The third kappa shape index (κ3) is 1.72. The molecule has 7 nitrogen and oxygen atoms in total. The molecule has 3 aliphatic heterocycles. The van der Waals surface area contributed by atoms with E-state index in [2.05, 4.69) is 0 Å². The highest BCUT2D eigenvalue weighted by Gasteiger charge is 2.63. The van der Waals surface area contributed by atoms with Crippen LogP contribution in [-0.4, -0.2) is 38.6 Å². The van der Waals surface area contributed by atoms with Gasteiger partial charge in [0.1, 0.15) is 5.54 Å². The zero-order chi connectivity index (χ0) is 19.0. The first kappa shape index (κ1) is 15.9. The van der Waals surface area contributed by atoms with E-state index in [0.717, 1.165) is 28.9 Å². The van der Waals surface area contributed by atoms with E-state index >= 15 is 0 Å². The van der Waals surface area contributed by atoms with Crippen molar-refractivity contribution in [2.45, 2.75) is 24.5 Å². The van der Waals surface area contributed by atoms with Crippen molar-refractivity contribution < 1.29 is 28.5 Å². The molecule has 0 saturated carbocycles. The average Bonchev–Trinajstić information content (AvgIpc) is 3.36. The number of nitrogens with zero attached hydrogens (tertiary/aromatic N) is 1. The number of carbonyl (C=O) groups excluding carboxylic acids is 1. The molecule has 1 spiro atoms. The number of rotatable bonds is 2. The SMILES string of the molecule is COc1ccc2c(c1OC)C[C@@]13c4cc5c(cc4CCN1C(=O)O[C@@H]23)OCO5. The molecule has 1 aliphatic carbocycles. The zero-order valence-electron chi connectivity index (χ0n) is 15.6. The fourth-order valence-corrected chi connectivity index (χ4v) is 5.28. The van der Waals surface area contributed by atoms with Crippen LogP contribution in [0.5, 0.6) is 23.0 Å². The molecule has 0 bridgehead atoms. The molecule has 2 aromatic rings. The first-order chi connectivity index (χ1) is 13.7. The number of ether oxygens (including phenoxy) is 5. The van der Waals surface area contributed by atoms with E-state index in [1.165, 1.54) is 5.56 Å². The number of methoxy groups -OCH3 is 2. The quantitative estimate of drug-likeness (QED) is 0.797. The van der Waals surface area contributed by atoms with E-state index < -0.39 is 11.6 Å². The van der Waals surface area contributed by atoms with Crippen LogP contribution >= 0.6 is 0 Å². The van der Waals surface area contributed by atoms with Gasteiger partial charge in [0, 0.05) is 24.1 Å². The fraction of sp³-hybridized carbons (Fsp3) is 0.381. The number of carbonyl (C=O) groups is 1. The lowest BCUT2D eigenvalue weighted by Crippen LogP contribution is -2.49. The van der Waals surface area contributed by atoms with Crippen molar-refractivity contribution in [3.8, 4) is 23.0 Å². The van der Waals surface area contributed by atoms with E-state index in [4.69, 9.17) is 23.7 Å². The van der Waals surface area contributed by atoms with Gasteiger partial charge in [-0.3, -0.25) is 4.90 Å². The van der Waals surface area contributed by atoms with Gasteiger partial charge >= 0.3 is 6.09 Å². The van der Waals surface area contributed by atoms with Crippen molar-refractivity contribution in [2.75, 3.05) is 27.6 Å². The third-order valence-corrected chi connectivity index (χ3v) is 6.44. The molecule has 0 radical (unpaired) electrons. The highest BCUT2D eigenvalue weighted by atomic mass is 16.7. The summed E-state index contributed by atoms with van der Waals surface area (Å²) in [6.07, 6.45) is 0.695. The molecular formula is C21H19NO6. The van der Waals surface area contributed by atoms with Crippen LogP contribution in [0.2, 0.25) is 0 Å². The normalized spacial score (nSPS) is 25.6. The van der Waals surface area contributed by atoms with E-state index in [1.807, 2.05) is 29.2 Å². The summed E-state index contributed by atoms with van der Waals surface area (Å²) in [5, 5.41) is 0. The molecule has 1 amide bonds. The molecule has 0 N–H and O–H groups in total. The first-order valence-corrected chi connectivity index (χ1v) is 9.32. The highest BCUT2D eigenvalue weighted by Crippen LogP contribution is 2.61. The van der Waals surface area contributed by atoms with E-state index in [1.54, 1.807) is 14.2 Å². The highest BCUT2D eigenvalue weighted by molar-refractivity contribution is 5.77. The minimum atomic E-state index is -0.604. The molecule has 7 heteroatoms. The fourth-order valence-electron chi connectivity index (χ4n) is 5.28. The molecule has 2 atom stereocenters. The minimum Gasteiger partial charge on any atom is -0.493 e. The lowest BCUT2D eigenvalue weighted by molar-refractivity contribution is 0.103. The van der Waals surface area contributed by atoms with Gasteiger partial charge in [-0.25, -0.2) is 4.79 Å². The molecule has 3 heterocycles. The number of fused-ring (bicyclic) bond motifs is 4. The third-order valence-electron chi connectivity index (χ3n) is 6.44. The van der Waals surface area contributed by atoms with Crippen molar-refractivity contribution >= 4 is 6.09 Å².